The quantitative estimate of drug-likeness (QED) is 0.765. The summed E-state index contributed by atoms with van der Waals surface area (Å²) in [5, 5.41) is 3.03. The van der Waals surface area contributed by atoms with Crippen molar-refractivity contribution < 1.29 is 9.53 Å². The highest BCUT2D eigenvalue weighted by atomic mass is 16.5. The molecule has 4 heterocycles. The number of piperidine rings is 3. The third-order valence-electron chi connectivity index (χ3n) is 6.81. The van der Waals surface area contributed by atoms with Crippen LogP contribution in [0.4, 0.5) is 5.69 Å². The van der Waals surface area contributed by atoms with E-state index in [-0.39, 0.29) is 12.5 Å². The Labute approximate surface area is 168 Å². The number of fused-ring (bicyclic) bond motifs is 3. The van der Waals surface area contributed by atoms with E-state index < -0.39 is 0 Å². The second kappa shape index (κ2) is 9.25. The predicted molar refractivity (Wildman–Crippen MR) is 112 cm³/mol. The molecule has 1 amide bonds. The van der Waals surface area contributed by atoms with Crippen LogP contribution in [-0.2, 0) is 9.53 Å². The van der Waals surface area contributed by atoms with Crippen LogP contribution in [0.25, 0.3) is 0 Å². The summed E-state index contributed by atoms with van der Waals surface area (Å²) in [6.07, 6.45) is 2.54. The number of rotatable bonds is 7. The van der Waals surface area contributed by atoms with Crippen molar-refractivity contribution >= 4 is 11.6 Å². The van der Waals surface area contributed by atoms with Crippen LogP contribution in [0.2, 0.25) is 0 Å². The van der Waals surface area contributed by atoms with E-state index in [1.165, 1.54) is 38.2 Å². The van der Waals surface area contributed by atoms with E-state index in [0.717, 1.165) is 44.6 Å². The van der Waals surface area contributed by atoms with Crippen molar-refractivity contribution in [3.63, 3.8) is 0 Å². The molecule has 0 spiro atoms. The summed E-state index contributed by atoms with van der Waals surface area (Å²) < 4.78 is 4.91. The molecule has 28 heavy (non-hydrogen) atoms. The van der Waals surface area contributed by atoms with Gasteiger partial charge in [-0.25, -0.2) is 0 Å². The molecule has 4 atom stereocenters. The van der Waals surface area contributed by atoms with Gasteiger partial charge in [0.25, 0.3) is 0 Å². The van der Waals surface area contributed by atoms with Gasteiger partial charge in [0.2, 0.25) is 5.91 Å². The Kier molecular flexibility index (Phi) is 6.50. The molecular weight excluding hydrogens is 352 g/mol. The second-order valence-corrected chi connectivity index (χ2v) is 8.55. The predicted octanol–water partition coefficient (Wildman–Crippen LogP) is 1.28. The summed E-state index contributed by atoms with van der Waals surface area (Å²) in [7, 11) is 1.57. The molecule has 4 saturated heterocycles. The Balaban J connectivity index is 1.22. The Morgan fingerprint density at radius 2 is 1.93 bits per heavy atom. The highest BCUT2D eigenvalue weighted by Gasteiger charge is 2.40. The fraction of sp³-hybridized carbons (Fsp3) is 0.682. The van der Waals surface area contributed by atoms with Gasteiger partial charge in [0.15, 0.2) is 0 Å². The Morgan fingerprint density at radius 1 is 1.14 bits per heavy atom. The SMILES string of the molecule is COCC(=O)NC[C@H]1C[C@H]2CCN1C[C@@H]2CN1CCN(c2ccccc2)CC1. The van der Waals surface area contributed by atoms with Gasteiger partial charge in [-0.05, 0) is 43.4 Å². The van der Waals surface area contributed by atoms with E-state index in [0.29, 0.717) is 6.04 Å². The van der Waals surface area contributed by atoms with Crippen LogP contribution in [0.3, 0.4) is 0 Å². The maximum absolute atomic E-state index is 11.7. The fourth-order valence-corrected chi connectivity index (χ4v) is 5.24. The number of nitrogens with one attached hydrogen (secondary N) is 1. The van der Waals surface area contributed by atoms with Crippen molar-refractivity contribution in [3.05, 3.63) is 30.3 Å². The molecule has 1 N–H and O–H groups in total. The number of anilines is 1. The number of benzene rings is 1. The summed E-state index contributed by atoms with van der Waals surface area (Å²) in [5.74, 6) is 1.59. The maximum Gasteiger partial charge on any atom is 0.246 e. The average Bonchev–Trinajstić information content (AvgIpc) is 2.74. The molecule has 2 bridgehead atoms. The third-order valence-corrected chi connectivity index (χ3v) is 6.81. The van der Waals surface area contributed by atoms with E-state index in [1.54, 1.807) is 7.11 Å². The average molecular weight is 387 g/mol. The Morgan fingerprint density at radius 3 is 2.61 bits per heavy atom. The van der Waals surface area contributed by atoms with Gasteiger partial charge < -0.3 is 15.0 Å². The van der Waals surface area contributed by atoms with Crippen LogP contribution in [0, 0.1) is 11.8 Å². The lowest BCUT2D eigenvalue weighted by Gasteiger charge is -2.51. The number of hydrogen-bond acceptors (Lipinski definition) is 5. The number of nitrogens with zero attached hydrogens (tertiary/aromatic N) is 3. The lowest BCUT2D eigenvalue weighted by atomic mass is 9.75. The smallest absolute Gasteiger partial charge is 0.246 e. The zero-order valence-corrected chi connectivity index (χ0v) is 17.1. The number of carbonyl (C=O) groups excluding carboxylic acids is 1. The van der Waals surface area contributed by atoms with E-state index >= 15 is 0 Å². The fourth-order valence-electron chi connectivity index (χ4n) is 5.24. The van der Waals surface area contributed by atoms with Crippen molar-refractivity contribution in [2.45, 2.75) is 18.9 Å². The molecule has 0 radical (unpaired) electrons. The molecular formula is C22H34N4O2. The van der Waals surface area contributed by atoms with Crippen LogP contribution >= 0.6 is 0 Å². The Hall–Kier alpha value is -1.63. The minimum absolute atomic E-state index is 0.00187. The molecule has 1 aromatic carbocycles. The molecule has 4 fully saturated rings. The second-order valence-electron chi connectivity index (χ2n) is 8.55. The first kappa shape index (κ1) is 19.7. The number of para-hydroxylation sites is 1. The molecule has 0 aromatic heterocycles. The van der Waals surface area contributed by atoms with Crippen LogP contribution in [0.5, 0.6) is 0 Å². The van der Waals surface area contributed by atoms with Crippen molar-refractivity contribution in [1.29, 1.82) is 0 Å². The third kappa shape index (κ3) is 4.67. The zero-order chi connectivity index (χ0) is 19.3. The van der Waals surface area contributed by atoms with Gasteiger partial charge in [-0.1, -0.05) is 18.2 Å². The van der Waals surface area contributed by atoms with Gasteiger partial charge in [0.1, 0.15) is 6.61 Å². The minimum Gasteiger partial charge on any atom is -0.375 e. The van der Waals surface area contributed by atoms with E-state index in [9.17, 15) is 4.79 Å². The minimum atomic E-state index is -0.00187. The number of ether oxygens (including phenoxy) is 1. The molecule has 4 aliphatic heterocycles. The van der Waals surface area contributed by atoms with Crippen molar-refractivity contribution in [3.8, 4) is 0 Å². The molecule has 6 heteroatoms. The van der Waals surface area contributed by atoms with Crippen LogP contribution < -0.4 is 10.2 Å². The molecule has 1 unspecified atom stereocenters. The van der Waals surface area contributed by atoms with E-state index in [4.69, 9.17) is 4.74 Å². The molecule has 1 aromatic rings. The normalized spacial score (nSPS) is 30.4. The standard InChI is InChI=1S/C22H34N4O2/c1-28-17-22(27)23-14-21-13-18-7-8-26(21)16-19(18)15-24-9-11-25(12-10-24)20-5-3-2-4-6-20/h2-6,18-19,21H,7-17H2,1H3,(H,23,27)/t18-,19+,21-/m1/s1. The van der Waals surface area contributed by atoms with Crippen LogP contribution in [-0.4, -0.2) is 87.8 Å². The molecule has 4 aliphatic rings. The summed E-state index contributed by atoms with van der Waals surface area (Å²) in [4.78, 5) is 19.5. The van der Waals surface area contributed by atoms with Crippen LogP contribution in [0.1, 0.15) is 12.8 Å². The summed E-state index contributed by atoms with van der Waals surface area (Å²) in [6, 6.07) is 11.3. The van der Waals surface area contributed by atoms with Gasteiger partial charge in [-0.2, -0.15) is 0 Å². The molecule has 6 nitrogen and oxygen atoms in total. The first-order chi connectivity index (χ1) is 13.7. The summed E-state index contributed by atoms with van der Waals surface area (Å²) >= 11 is 0. The highest BCUT2D eigenvalue weighted by Crippen LogP contribution is 2.36. The van der Waals surface area contributed by atoms with Crippen molar-refractivity contribution in [2.75, 3.05) is 71.0 Å². The largest absolute Gasteiger partial charge is 0.375 e. The first-order valence-electron chi connectivity index (χ1n) is 10.7. The molecule has 154 valence electrons. The highest BCUT2D eigenvalue weighted by molar-refractivity contribution is 5.77. The molecule has 5 rings (SSSR count). The number of methoxy groups -OCH3 is 1. The summed E-state index contributed by atoms with van der Waals surface area (Å²) in [5.41, 5.74) is 1.35. The monoisotopic (exact) mass is 386 g/mol. The maximum atomic E-state index is 11.7. The van der Waals surface area contributed by atoms with Gasteiger partial charge in [0.05, 0.1) is 0 Å². The zero-order valence-electron chi connectivity index (χ0n) is 17.1. The lowest BCUT2D eigenvalue weighted by molar-refractivity contribution is -0.125. The number of hydrogen-bond donors (Lipinski definition) is 1. The Bertz CT molecular complexity index is 633. The van der Waals surface area contributed by atoms with Gasteiger partial charge in [0, 0.05) is 64.7 Å². The molecule has 0 aliphatic carbocycles. The first-order valence-corrected chi connectivity index (χ1v) is 10.7. The van der Waals surface area contributed by atoms with Crippen molar-refractivity contribution in [1.82, 2.24) is 15.1 Å². The number of piperazine rings is 1. The van der Waals surface area contributed by atoms with Crippen molar-refractivity contribution in [2.24, 2.45) is 11.8 Å². The van der Waals surface area contributed by atoms with E-state index in [1.807, 2.05) is 0 Å². The topological polar surface area (TPSA) is 48.1 Å². The lowest BCUT2D eigenvalue weighted by Crippen LogP contribution is -2.59. The number of amides is 1. The number of carbonyl (C=O) groups is 1. The summed E-state index contributed by atoms with van der Waals surface area (Å²) in [6.45, 7) is 9.10. The van der Waals surface area contributed by atoms with Gasteiger partial charge in [-0.15, -0.1) is 0 Å². The van der Waals surface area contributed by atoms with Crippen LogP contribution in [0.15, 0.2) is 30.3 Å². The molecule has 0 saturated carbocycles. The van der Waals surface area contributed by atoms with Gasteiger partial charge >= 0.3 is 0 Å². The van der Waals surface area contributed by atoms with Gasteiger partial charge in [-0.3, -0.25) is 14.6 Å². The van der Waals surface area contributed by atoms with E-state index in [2.05, 4.69) is 50.3 Å².